The van der Waals surface area contributed by atoms with E-state index in [2.05, 4.69) is 4.84 Å². The first-order valence-electron chi connectivity index (χ1n) is 3.58. The fourth-order valence-electron chi connectivity index (χ4n) is 0.859. The Balaban J connectivity index is 2.84. The van der Waals surface area contributed by atoms with Crippen molar-refractivity contribution in [3.05, 3.63) is 34.7 Å². The molecule has 0 bridgehead atoms. The minimum atomic E-state index is 0.445. The van der Waals surface area contributed by atoms with E-state index in [0.29, 0.717) is 17.2 Å². The molecule has 1 aromatic carbocycles. The van der Waals surface area contributed by atoms with Crippen molar-refractivity contribution in [3.63, 3.8) is 0 Å². The van der Waals surface area contributed by atoms with Crippen LogP contribution >= 0.6 is 0 Å². The number of nitrogens with two attached hydrogens (primary N) is 1. The highest BCUT2D eigenvalue weighted by Crippen LogP contribution is 2.11. The molecule has 4 nitrogen and oxygen atoms in total. The first-order chi connectivity index (χ1) is 5.77. The summed E-state index contributed by atoms with van der Waals surface area (Å²) in [4.78, 5) is 15.8. The van der Waals surface area contributed by atoms with E-state index in [1.54, 1.807) is 24.3 Å². The third-order valence-corrected chi connectivity index (χ3v) is 1.55. The summed E-state index contributed by atoms with van der Waals surface area (Å²) in [6, 6.07) is 6.91. The van der Waals surface area contributed by atoms with Crippen LogP contribution in [-0.2, 0) is 11.4 Å². The Morgan fingerprint density at radius 1 is 1.42 bits per heavy atom. The molecule has 0 amide bonds. The molecule has 2 N–H and O–H groups in total. The van der Waals surface area contributed by atoms with Gasteiger partial charge in [-0.25, -0.2) is 4.84 Å². The molecule has 0 aliphatic heterocycles. The van der Waals surface area contributed by atoms with Gasteiger partial charge in [-0.3, -0.25) is 0 Å². The molecule has 0 aromatic heterocycles. The maximum absolute atomic E-state index is 10.9. The van der Waals surface area contributed by atoms with Crippen LogP contribution in [0.5, 0.6) is 0 Å². The SMILES string of the molecule is CO[N+](=O)c1ccc(CN)cc1. The molecule has 0 fully saturated rings. The second-order valence-corrected chi connectivity index (χ2v) is 2.31. The van der Waals surface area contributed by atoms with Crippen molar-refractivity contribution >= 4 is 5.69 Å². The van der Waals surface area contributed by atoms with Gasteiger partial charge in [-0.2, -0.15) is 0 Å². The minimum absolute atomic E-state index is 0.445. The van der Waals surface area contributed by atoms with Crippen molar-refractivity contribution in [2.75, 3.05) is 7.11 Å². The van der Waals surface area contributed by atoms with E-state index in [4.69, 9.17) is 5.73 Å². The standard InChI is InChI=1S/C8H11N2O2/c1-12-10(11)8-4-2-7(6-9)3-5-8/h2-5H,6,9H2,1H3/q+1. The molecule has 1 rings (SSSR count). The molecule has 0 aliphatic carbocycles. The lowest BCUT2D eigenvalue weighted by Gasteiger charge is -1.92. The largest absolute Gasteiger partial charge is 0.326 e. The van der Waals surface area contributed by atoms with Crippen LogP contribution in [0.4, 0.5) is 5.69 Å². The predicted octanol–water partition coefficient (Wildman–Crippen LogP) is 1.12. The number of rotatable bonds is 3. The Morgan fingerprint density at radius 3 is 2.42 bits per heavy atom. The zero-order chi connectivity index (χ0) is 8.97. The molecule has 0 heterocycles. The average Bonchev–Trinajstić information content (AvgIpc) is 2.17. The lowest BCUT2D eigenvalue weighted by Crippen LogP contribution is -1.99. The summed E-state index contributed by atoms with van der Waals surface area (Å²) in [7, 11) is 1.32. The van der Waals surface area contributed by atoms with Gasteiger partial charge in [-0.1, -0.05) is 12.1 Å². The molecular weight excluding hydrogens is 156 g/mol. The van der Waals surface area contributed by atoms with Crippen molar-refractivity contribution in [3.8, 4) is 0 Å². The molecule has 0 atom stereocenters. The average molecular weight is 167 g/mol. The zero-order valence-corrected chi connectivity index (χ0v) is 6.86. The minimum Gasteiger partial charge on any atom is -0.326 e. The monoisotopic (exact) mass is 167 g/mol. The smallest absolute Gasteiger partial charge is 0.316 e. The van der Waals surface area contributed by atoms with E-state index >= 15 is 0 Å². The molecule has 0 unspecified atom stereocenters. The van der Waals surface area contributed by atoms with Crippen molar-refractivity contribution in [2.24, 2.45) is 5.73 Å². The third-order valence-electron chi connectivity index (χ3n) is 1.55. The second-order valence-electron chi connectivity index (χ2n) is 2.31. The van der Waals surface area contributed by atoms with E-state index in [0.717, 1.165) is 5.56 Å². The maximum atomic E-state index is 10.9. The quantitative estimate of drug-likeness (QED) is 0.686. The fourth-order valence-corrected chi connectivity index (χ4v) is 0.859. The van der Waals surface area contributed by atoms with Crippen molar-refractivity contribution in [1.82, 2.24) is 0 Å². The van der Waals surface area contributed by atoms with E-state index in [9.17, 15) is 4.91 Å². The van der Waals surface area contributed by atoms with Gasteiger partial charge in [-0.05, 0) is 5.56 Å². The summed E-state index contributed by atoms with van der Waals surface area (Å²) in [5.41, 5.74) is 6.84. The highest BCUT2D eigenvalue weighted by atomic mass is 16.8. The zero-order valence-electron chi connectivity index (χ0n) is 6.86. The molecular formula is C8H11N2O2+. The highest BCUT2D eigenvalue weighted by molar-refractivity contribution is 5.32. The number of benzene rings is 1. The van der Waals surface area contributed by atoms with Gasteiger partial charge < -0.3 is 5.73 Å². The lowest BCUT2D eigenvalue weighted by molar-refractivity contribution is -0.736. The first-order valence-corrected chi connectivity index (χ1v) is 3.58. The van der Waals surface area contributed by atoms with E-state index in [1.807, 2.05) is 0 Å². The highest BCUT2D eigenvalue weighted by Gasteiger charge is 2.11. The summed E-state index contributed by atoms with van der Waals surface area (Å²) >= 11 is 0. The van der Waals surface area contributed by atoms with Gasteiger partial charge in [0.2, 0.25) is 0 Å². The Hall–Kier alpha value is -1.42. The maximum Gasteiger partial charge on any atom is 0.316 e. The molecule has 0 aliphatic rings. The lowest BCUT2D eigenvalue weighted by atomic mass is 10.2. The van der Waals surface area contributed by atoms with Gasteiger partial charge in [-0.15, -0.1) is 0 Å². The summed E-state index contributed by atoms with van der Waals surface area (Å²) in [6.07, 6.45) is 0. The number of nitrogens with zero attached hydrogens (tertiary/aromatic N) is 1. The topological polar surface area (TPSA) is 55.3 Å². The van der Waals surface area contributed by atoms with E-state index < -0.39 is 0 Å². The van der Waals surface area contributed by atoms with Crippen molar-refractivity contribution in [2.45, 2.75) is 6.54 Å². The Kier molecular flexibility index (Phi) is 2.76. The Bertz CT molecular complexity index is 269. The summed E-state index contributed by atoms with van der Waals surface area (Å²) in [5.74, 6) is 0. The molecule has 64 valence electrons. The summed E-state index contributed by atoms with van der Waals surface area (Å²) in [5, 5.41) is 0. The third kappa shape index (κ3) is 1.79. The molecule has 1 aromatic rings. The van der Waals surface area contributed by atoms with Crippen LogP contribution < -0.4 is 5.73 Å². The van der Waals surface area contributed by atoms with Crippen LogP contribution in [0.1, 0.15) is 5.56 Å². The second kappa shape index (κ2) is 3.82. The molecule has 4 heteroatoms. The Labute approximate surface area is 70.5 Å². The molecule has 0 saturated carbocycles. The van der Waals surface area contributed by atoms with Crippen LogP contribution in [0, 0.1) is 4.91 Å². The van der Waals surface area contributed by atoms with E-state index in [-0.39, 0.29) is 0 Å². The first kappa shape index (κ1) is 8.67. The number of hydrogen-bond acceptors (Lipinski definition) is 3. The van der Waals surface area contributed by atoms with Gasteiger partial charge in [0.15, 0.2) is 7.11 Å². The normalized spacial score (nSPS) is 9.50. The number of hydrogen-bond donors (Lipinski definition) is 1. The van der Waals surface area contributed by atoms with Gasteiger partial charge in [0, 0.05) is 18.7 Å². The van der Waals surface area contributed by atoms with Gasteiger partial charge >= 0.3 is 5.69 Å². The summed E-state index contributed by atoms with van der Waals surface area (Å²) in [6.45, 7) is 0.478. The van der Waals surface area contributed by atoms with Crippen molar-refractivity contribution in [1.29, 1.82) is 0 Å². The van der Waals surface area contributed by atoms with Crippen molar-refractivity contribution < 1.29 is 9.76 Å². The van der Waals surface area contributed by atoms with Crippen LogP contribution in [0.3, 0.4) is 0 Å². The van der Waals surface area contributed by atoms with Crippen LogP contribution in [-0.4, -0.2) is 12.0 Å². The predicted molar refractivity (Wildman–Crippen MR) is 44.6 cm³/mol. The van der Waals surface area contributed by atoms with Crippen LogP contribution in [0.2, 0.25) is 0 Å². The van der Waals surface area contributed by atoms with Crippen LogP contribution in [0.15, 0.2) is 24.3 Å². The molecule has 12 heavy (non-hydrogen) atoms. The Morgan fingerprint density at radius 2 is 2.00 bits per heavy atom. The summed E-state index contributed by atoms with van der Waals surface area (Å²) < 4.78 is 0. The van der Waals surface area contributed by atoms with Crippen LogP contribution in [0.25, 0.3) is 0 Å². The fraction of sp³-hybridized carbons (Fsp3) is 0.250. The molecule has 0 radical (unpaired) electrons. The molecule has 0 saturated heterocycles. The van der Waals surface area contributed by atoms with Gasteiger partial charge in [0.1, 0.15) is 0 Å². The van der Waals surface area contributed by atoms with E-state index in [1.165, 1.54) is 7.11 Å². The van der Waals surface area contributed by atoms with Gasteiger partial charge in [0.25, 0.3) is 4.92 Å². The van der Waals surface area contributed by atoms with Gasteiger partial charge in [0.05, 0.1) is 4.91 Å². The molecule has 0 spiro atoms.